The van der Waals surface area contributed by atoms with Crippen molar-refractivity contribution >= 4 is 89.9 Å². The molecule has 0 bridgehead atoms. The van der Waals surface area contributed by atoms with Crippen molar-refractivity contribution in [3.8, 4) is 11.8 Å². The Kier molecular flexibility index (Phi) is 26.0. The summed E-state index contributed by atoms with van der Waals surface area (Å²) in [6.45, 7) is 20.1. The average molecular weight is 1370 g/mol. The van der Waals surface area contributed by atoms with E-state index in [1.54, 1.807) is 26.8 Å². The van der Waals surface area contributed by atoms with Gasteiger partial charge in [-0.05, 0) is 137 Å². The fourth-order valence-electron chi connectivity index (χ4n) is 8.59. The molecule has 3 amide bonds. The molecule has 5 fully saturated rings. The lowest BCUT2D eigenvalue weighted by atomic mass is 10.1. The van der Waals surface area contributed by atoms with E-state index in [1.807, 2.05) is 62.3 Å². The largest absolute Gasteiger partial charge is 0.474 e. The molecule has 24 nitrogen and oxygen atoms in total. The number of sulfone groups is 2. The minimum absolute atomic E-state index is 0.0116. The van der Waals surface area contributed by atoms with Crippen LogP contribution in [0.4, 0.5) is 40.4 Å². The van der Waals surface area contributed by atoms with Gasteiger partial charge >= 0.3 is 18.3 Å². The molecule has 0 atom stereocenters. The van der Waals surface area contributed by atoms with E-state index in [1.165, 1.54) is 49.3 Å². The van der Waals surface area contributed by atoms with Crippen LogP contribution in [0.25, 0.3) is 0 Å². The number of amides is 3. The number of nitrogens with zero attached hydrogens (tertiary/aromatic N) is 9. The van der Waals surface area contributed by atoms with Crippen LogP contribution >= 0.6 is 34.8 Å². The van der Waals surface area contributed by atoms with E-state index in [0.717, 1.165) is 25.0 Å². The topological polar surface area (TPSA) is 311 Å². The Hall–Kier alpha value is -6.72. The quantitative estimate of drug-likeness (QED) is 0.0664. The minimum Gasteiger partial charge on any atom is -0.474 e. The van der Waals surface area contributed by atoms with Gasteiger partial charge in [0.2, 0.25) is 11.8 Å². The van der Waals surface area contributed by atoms with Gasteiger partial charge in [-0.2, -0.15) is 0 Å². The first-order valence-electron chi connectivity index (χ1n) is 29.5. The van der Waals surface area contributed by atoms with Crippen LogP contribution in [0.3, 0.4) is 0 Å². The van der Waals surface area contributed by atoms with E-state index in [2.05, 4.69) is 35.2 Å². The normalized spacial score (nSPS) is 16.8. The molecule has 5 aromatic rings. The molecule has 91 heavy (non-hydrogen) atoms. The first-order valence-corrected chi connectivity index (χ1v) is 33.7. The van der Waals surface area contributed by atoms with Crippen molar-refractivity contribution < 1.29 is 68.8 Å². The summed E-state index contributed by atoms with van der Waals surface area (Å²) in [5, 5.41) is 12.5. The number of nitrogens with one attached hydrogen (secondary N) is 1. The van der Waals surface area contributed by atoms with Crippen molar-refractivity contribution in [2.24, 2.45) is 0 Å². The van der Waals surface area contributed by atoms with Crippen molar-refractivity contribution in [1.29, 1.82) is 0 Å². The SMILES string of the molecule is CC(C)(C)OC(=O)N1CCC(O)CC1.CC(C)(C)OC(=O)N1CCC(Oc2cc(Cl)ncn2)CC1.CC(C)(C)OC(=O)N1CCC(Oc2cc(Nc3ccc(S(=O)(=O)C4CC4)cc3F)ncn2)CC1.Clc1cc(Cl)ncn1.Nc1ccc(S(=O)(=O)C2CC2)cc1F. The van der Waals surface area contributed by atoms with Gasteiger partial charge in [-0.25, -0.2) is 69.9 Å². The summed E-state index contributed by atoms with van der Waals surface area (Å²) in [7, 11) is -6.77. The first kappa shape index (κ1) is 73.3. The molecule has 500 valence electrons. The first-order chi connectivity index (χ1) is 42.5. The number of rotatable bonds is 10. The highest BCUT2D eigenvalue weighted by molar-refractivity contribution is 7.92. The second-order valence-electron chi connectivity index (χ2n) is 24.8. The summed E-state index contributed by atoms with van der Waals surface area (Å²) in [6, 6.07) is 12.1. The van der Waals surface area contributed by atoms with Crippen LogP contribution in [0.15, 0.2) is 83.4 Å². The van der Waals surface area contributed by atoms with E-state index in [0.29, 0.717) is 124 Å². The monoisotopic (exact) mass is 1370 g/mol. The molecule has 2 saturated carbocycles. The van der Waals surface area contributed by atoms with Crippen molar-refractivity contribution in [3.63, 3.8) is 0 Å². The van der Waals surface area contributed by atoms with Crippen LogP contribution < -0.4 is 20.5 Å². The predicted molar refractivity (Wildman–Crippen MR) is 338 cm³/mol. The summed E-state index contributed by atoms with van der Waals surface area (Å²) < 4.78 is 103. The molecule has 4 N–H and O–H groups in total. The average Bonchev–Trinajstić information content (AvgIpc) is 1.76. The number of carbonyl (C=O) groups is 3. The molecule has 5 aliphatic rings. The third kappa shape index (κ3) is 25.0. The molecule has 2 aromatic carbocycles. The smallest absolute Gasteiger partial charge is 0.410 e. The number of aliphatic hydroxyl groups excluding tert-OH is 1. The number of aliphatic hydroxyl groups is 1. The molecule has 0 unspecified atom stereocenters. The number of likely N-dealkylation sites (tertiary alicyclic amines) is 3. The number of nitrogen functional groups attached to an aromatic ring is 1. The van der Waals surface area contributed by atoms with E-state index in [-0.39, 0.29) is 63.0 Å². The van der Waals surface area contributed by atoms with Gasteiger partial charge in [0.15, 0.2) is 19.7 Å². The Morgan fingerprint density at radius 2 is 0.879 bits per heavy atom. The lowest BCUT2D eigenvalue weighted by Gasteiger charge is -2.33. The van der Waals surface area contributed by atoms with Crippen LogP contribution in [0.5, 0.6) is 11.8 Å². The zero-order chi connectivity index (χ0) is 67.1. The summed E-state index contributed by atoms with van der Waals surface area (Å²) in [5.41, 5.74) is 3.88. The van der Waals surface area contributed by atoms with Gasteiger partial charge in [-0.3, -0.25) is 0 Å². The van der Waals surface area contributed by atoms with Gasteiger partial charge in [0, 0.05) is 83.2 Å². The lowest BCUT2D eigenvalue weighted by molar-refractivity contribution is 0.00935. The number of hydrogen-bond acceptors (Lipinski definition) is 21. The van der Waals surface area contributed by atoms with Crippen molar-refractivity contribution in [3.05, 3.63) is 101 Å². The fraction of sp³-hybridized carbons (Fsp3) is 0.550. The molecule has 10 rings (SSSR count). The number of anilines is 3. The molecule has 3 saturated heterocycles. The van der Waals surface area contributed by atoms with Gasteiger partial charge in [-0.15, -0.1) is 0 Å². The number of piperidine rings is 3. The van der Waals surface area contributed by atoms with Crippen LogP contribution in [0.2, 0.25) is 15.5 Å². The zero-order valence-electron chi connectivity index (χ0n) is 52.3. The summed E-state index contributed by atoms with van der Waals surface area (Å²) in [6.07, 6.45) is 9.34. The highest BCUT2D eigenvalue weighted by Gasteiger charge is 2.38. The number of carbonyl (C=O) groups excluding carboxylic acids is 3. The highest BCUT2D eigenvalue weighted by atomic mass is 35.5. The molecule has 2 aliphatic carbocycles. The number of halogens is 5. The maximum Gasteiger partial charge on any atom is 0.410 e. The zero-order valence-corrected chi connectivity index (χ0v) is 56.2. The molecular weight excluding hydrogens is 1290 g/mol. The summed E-state index contributed by atoms with van der Waals surface area (Å²) >= 11 is 16.6. The molecule has 31 heteroatoms. The Labute approximate surface area is 545 Å². The third-order valence-corrected chi connectivity index (χ3v) is 18.6. The highest BCUT2D eigenvalue weighted by Crippen LogP contribution is 2.36. The lowest BCUT2D eigenvalue weighted by Crippen LogP contribution is -2.44. The van der Waals surface area contributed by atoms with Crippen molar-refractivity contribution in [2.45, 2.75) is 182 Å². The molecule has 3 aliphatic heterocycles. The van der Waals surface area contributed by atoms with Crippen LogP contribution in [-0.2, 0) is 33.9 Å². The van der Waals surface area contributed by atoms with Gasteiger partial charge in [-0.1, -0.05) is 34.8 Å². The van der Waals surface area contributed by atoms with Crippen molar-refractivity contribution in [1.82, 2.24) is 44.6 Å². The number of ether oxygens (including phenoxy) is 5. The molecule has 0 spiro atoms. The molecule has 3 aromatic heterocycles. The second kappa shape index (κ2) is 32.2. The van der Waals surface area contributed by atoms with Crippen LogP contribution in [0, 0.1) is 11.6 Å². The molecule has 6 heterocycles. The maximum atomic E-state index is 14.6. The third-order valence-electron chi connectivity index (χ3n) is 13.5. The molecular formula is C60H80Cl3F2N11O13S2. The number of nitrogens with two attached hydrogens (primary N) is 1. The number of hydrogen-bond donors (Lipinski definition) is 3. The molecule has 0 radical (unpaired) electrons. The van der Waals surface area contributed by atoms with Crippen molar-refractivity contribution in [2.75, 3.05) is 50.3 Å². The summed E-state index contributed by atoms with van der Waals surface area (Å²) in [5.74, 6) is -0.260. The van der Waals surface area contributed by atoms with Gasteiger partial charge in [0.05, 0.1) is 37.8 Å². The maximum absolute atomic E-state index is 14.6. The Morgan fingerprint density at radius 3 is 1.24 bits per heavy atom. The minimum atomic E-state index is -3.47. The Balaban J connectivity index is 0.000000197. The van der Waals surface area contributed by atoms with E-state index in [4.69, 9.17) is 64.2 Å². The van der Waals surface area contributed by atoms with E-state index in [9.17, 15) is 45.1 Å². The Bertz CT molecular complexity index is 3470. The Morgan fingerprint density at radius 1 is 0.516 bits per heavy atom. The second-order valence-corrected chi connectivity index (χ2v) is 30.4. The standard InChI is InChI=1S/C23H29FN4O5S.C14H20ClN3O3.C10H19NO3.C9H10FNO2S.C4H2Cl2N2/c1-23(2,3)33-22(29)28-10-8-15(9-11-28)32-21-13-20(25-14-26-21)27-19-7-6-17(12-18(19)24)34(30,31)16-4-5-16;1-14(2,3)21-13(19)18-6-4-10(5-7-18)20-12-8-11(15)16-9-17-12;1-10(2,3)14-9(13)11-6-4-8(12)5-7-11;10-8-5-7(3-4-9(8)11)14(12,13)6-1-2-6;5-3-1-4(6)8-2-7-3/h6-7,12-16H,4-5,8-11H2,1-3H3,(H,25,26,27);8-10H,4-7H2,1-3H3;8,12H,4-7H2,1-3H3;3-6H,1-2,11H2;1-2H. The van der Waals surface area contributed by atoms with Gasteiger partial charge in [0.25, 0.3) is 0 Å². The van der Waals surface area contributed by atoms with E-state index >= 15 is 0 Å². The van der Waals surface area contributed by atoms with E-state index < -0.39 is 53.4 Å². The van der Waals surface area contributed by atoms with Crippen LogP contribution in [0.1, 0.15) is 127 Å². The number of aromatic nitrogens is 6. The summed E-state index contributed by atoms with van der Waals surface area (Å²) in [4.78, 5) is 64.0. The van der Waals surface area contributed by atoms with Gasteiger partial charge < -0.3 is 54.5 Å². The number of benzene rings is 2. The van der Waals surface area contributed by atoms with Crippen LogP contribution in [-0.4, -0.2) is 170 Å². The fourth-order valence-corrected chi connectivity index (χ4v) is 12.4. The van der Waals surface area contributed by atoms with Gasteiger partial charge in [0.1, 0.15) is 80.9 Å². The predicted octanol–water partition coefficient (Wildman–Crippen LogP) is 11.5.